The van der Waals surface area contributed by atoms with Crippen LogP contribution < -0.4 is 11.1 Å². The van der Waals surface area contributed by atoms with Gasteiger partial charge in [-0.2, -0.15) is 0 Å². The van der Waals surface area contributed by atoms with Crippen molar-refractivity contribution >= 4 is 23.2 Å². The van der Waals surface area contributed by atoms with Gasteiger partial charge in [-0.05, 0) is 35.9 Å². The second kappa shape index (κ2) is 5.88. The second-order valence-electron chi connectivity index (χ2n) is 4.17. The van der Waals surface area contributed by atoms with E-state index in [1.165, 1.54) is 30.3 Å². The summed E-state index contributed by atoms with van der Waals surface area (Å²) in [6.45, 7) is 0.114. The molecule has 0 bridgehead atoms. The highest BCUT2D eigenvalue weighted by Gasteiger charge is 2.11. The first-order valence-corrected chi connectivity index (χ1v) is 6.12. The Balaban J connectivity index is 2.06. The van der Waals surface area contributed by atoms with E-state index in [0.717, 1.165) is 6.07 Å². The first-order chi connectivity index (χ1) is 9.47. The molecule has 0 aliphatic heterocycles. The molecule has 3 nitrogen and oxygen atoms in total. The molecule has 3 N–H and O–H groups in total. The number of hydrogen-bond acceptors (Lipinski definition) is 2. The van der Waals surface area contributed by atoms with Gasteiger partial charge in [-0.15, -0.1) is 0 Å². The van der Waals surface area contributed by atoms with Gasteiger partial charge in [0, 0.05) is 12.2 Å². The number of benzene rings is 2. The minimum atomic E-state index is -0.695. The van der Waals surface area contributed by atoms with Crippen molar-refractivity contribution in [3.63, 3.8) is 0 Å². The van der Waals surface area contributed by atoms with Gasteiger partial charge in [0.2, 0.25) is 0 Å². The molecule has 0 spiro atoms. The minimum Gasteiger partial charge on any atom is -0.399 e. The Morgan fingerprint density at radius 3 is 2.55 bits per heavy atom. The zero-order chi connectivity index (χ0) is 14.7. The predicted octanol–water partition coefficient (Wildman–Crippen LogP) is 3.13. The van der Waals surface area contributed by atoms with Crippen LogP contribution in [0.15, 0.2) is 36.4 Å². The highest BCUT2D eigenvalue weighted by Crippen LogP contribution is 2.16. The van der Waals surface area contributed by atoms with E-state index >= 15 is 0 Å². The van der Waals surface area contributed by atoms with E-state index in [0.29, 0.717) is 5.56 Å². The lowest BCUT2D eigenvalue weighted by molar-refractivity contribution is 0.0947. The molecule has 0 aromatic heterocycles. The minimum absolute atomic E-state index is 0.0320. The molecule has 20 heavy (non-hydrogen) atoms. The molecule has 0 saturated heterocycles. The van der Waals surface area contributed by atoms with Gasteiger partial charge in [0.1, 0.15) is 11.6 Å². The molecule has 0 heterocycles. The Hall–Kier alpha value is -2.14. The van der Waals surface area contributed by atoms with Gasteiger partial charge in [0.25, 0.3) is 5.91 Å². The van der Waals surface area contributed by atoms with Crippen LogP contribution in [-0.4, -0.2) is 5.91 Å². The second-order valence-corrected chi connectivity index (χ2v) is 4.58. The molecule has 2 rings (SSSR count). The summed E-state index contributed by atoms with van der Waals surface area (Å²) in [5.41, 5.74) is 6.15. The maximum Gasteiger partial charge on any atom is 0.254 e. The number of nitrogens with one attached hydrogen (secondary N) is 1. The van der Waals surface area contributed by atoms with Crippen LogP contribution >= 0.6 is 11.6 Å². The molecule has 0 unspecified atom stereocenters. The Bertz CT molecular complexity index is 662. The third-order valence-corrected chi connectivity index (χ3v) is 2.96. The highest BCUT2D eigenvalue weighted by atomic mass is 35.5. The molecule has 2 aromatic rings. The SMILES string of the molecule is Nc1ccc(C(=O)NCc2ccc(F)c(Cl)c2)c(F)c1. The number of hydrogen-bond donors (Lipinski definition) is 2. The Labute approximate surface area is 119 Å². The molecule has 0 aliphatic rings. The topological polar surface area (TPSA) is 55.1 Å². The maximum absolute atomic E-state index is 13.5. The smallest absolute Gasteiger partial charge is 0.254 e. The van der Waals surface area contributed by atoms with Crippen molar-refractivity contribution in [2.45, 2.75) is 6.54 Å². The first-order valence-electron chi connectivity index (χ1n) is 5.74. The molecule has 6 heteroatoms. The lowest BCUT2D eigenvalue weighted by atomic mass is 10.1. The van der Waals surface area contributed by atoms with E-state index in [2.05, 4.69) is 5.32 Å². The summed E-state index contributed by atoms with van der Waals surface area (Å²) in [4.78, 5) is 11.8. The number of nitrogens with two attached hydrogens (primary N) is 1. The predicted molar refractivity (Wildman–Crippen MR) is 73.4 cm³/mol. The number of anilines is 1. The van der Waals surface area contributed by atoms with Crippen LogP contribution in [0.5, 0.6) is 0 Å². The Kier molecular flexibility index (Phi) is 4.20. The Morgan fingerprint density at radius 2 is 1.90 bits per heavy atom. The summed E-state index contributed by atoms with van der Waals surface area (Å²) >= 11 is 5.63. The normalized spacial score (nSPS) is 10.3. The molecule has 0 aliphatic carbocycles. The van der Waals surface area contributed by atoms with Gasteiger partial charge >= 0.3 is 0 Å². The van der Waals surface area contributed by atoms with Crippen LogP contribution in [0, 0.1) is 11.6 Å². The van der Waals surface area contributed by atoms with Crippen molar-refractivity contribution in [3.8, 4) is 0 Å². The van der Waals surface area contributed by atoms with Crippen molar-refractivity contribution in [3.05, 3.63) is 64.2 Å². The van der Waals surface area contributed by atoms with Crippen molar-refractivity contribution in [2.75, 3.05) is 5.73 Å². The summed E-state index contributed by atoms with van der Waals surface area (Å²) in [6, 6.07) is 7.90. The standard InChI is InChI=1S/C14H11ClF2N2O/c15-11-5-8(1-4-12(11)16)7-19-14(20)10-3-2-9(18)6-13(10)17/h1-6H,7,18H2,(H,19,20). The van der Waals surface area contributed by atoms with Crippen molar-refractivity contribution in [1.82, 2.24) is 5.32 Å². The third-order valence-electron chi connectivity index (χ3n) is 2.67. The van der Waals surface area contributed by atoms with E-state index in [9.17, 15) is 13.6 Å². The van der Waals surface area contributed by atoms with Crippen LogP contribution in [0.3, 0.4) is 0 Å². The lowest BCUT2D eigenvalue weighted by Gasteiger charge is -2.07. The third kappa shape index (κ3) is 3.24. The molecule has 0 radical (unpaired) electrons. The number of amides is 1. The quantitative estimate of drug-likeness (QED) is 0.855. The monoisotopic (exact) mass is 296 g/mol. The molecule has 0 fully saturated rings. The van der Waals surface area contributed by atoms with Crippen molar-refractivity contribution < 1.29 is 13.6 Å². The molecular formula is C14H11ClF2N2O. The average Bonchev–Trinajstić information content (AvgIpc) is 2.40. The van der Waals surface area contributed by atoms with Gasteiger partial charge in [0.15, 0.2) is 0 Å². The van der Waals surface area contributed by atoms with Gasteiger partial charge in [-0.1, -0.05) is 17.7 Å². The maximum atomic E-state index is 13.5. The van der Waals surface area contributed by atoms with Crippen LogP contribution in [0.25, 0.3) is 0 Å². The number of carbonyl (C=O) groups is 1. The molecular weight excluding hydrogens is 286 g/mol. The van der Waals surface area contributed by atoms with Crippen LogP contribution in [0.4, 0.5) is 14.5 Å². The lowest BCUT2D eigenvalue weighted by Crippen LogP contribution is -2.23. The van der Waals surface area contributed by atoms with Crippen LogP contribution in [-0.2, 0) is 6.54 Å². The summed E-state index contributed by atoms with van der Waals surface area (Å²) in [5, 5.41) is 2.49. The van der Waals surface area contributed by atoms with Crippen LogP contribution in [0.2, 0.25) is 5.02 Å². The Morgan fingerprint density at radius 1 is 1.15 bits per heavy atom. The van der Waals surface area contributed by atoms with Gasteiger partial charge in [-0.3, -0.25) is 4.79 Å². The summed E-state index contributed by atoms with van der Waals surface area (Å²) < 4.78 is 26.5. The molecule has 1 amide bonds. The fraction of sp³-hybridized carbons (Fsp3) is 0.0714. The largest absolute Gasteiger partial charge is 0.399 e. The van der Waals surface area contributed by atoms with E-state index in [-0.39, 0.29) is 22.8 Å². The average molecular weight is 297 g/mol. The summed E-state index contributed by atoms with van der Waals surface area (Å²) in [7, 11) is 0. The molecule has 0 atom stereocenters. The van der Waals surface area contributed by atoms with E-state index in [1.807, 2.05) is 0 Å². The fourth-order valence-electron chi connectivity index (χ4n) is 1.64. The summed E-state index contributed by atoms with van der Waals surface area (Å²) in [5.74, 6) is -1.81. The number of halogens is 3. The van der Waals surface area contributed by atoms with E-state index in [4.69, 9.17) is 17.3 Å². The van der Waals surface area contributed by atoms with Crippen molar-refractivity contribution in [1.29, 1.82) is 0 Å². The molecule has 0 saturated carbocycles. The number of nitrogen functional groups attached to an aromatic ring is 1. The molecule has 104 valence electrons. The van der Waals surface area contributed by atoms with Gasteiger partial charge in [0.05, 0.1) is 10.6 Å². The van der Waals surface area contributed by atoms with Gasteiger partial charge < -0.3 is 11.1 Å². The first kappa shape index (κ1) is 14.3. The zero-order valence-corrected chi connectivity index (χ0v) is 11.0. The van der Waals surface area contributed by atoms with E-state index in [1.54, 1.807) is 0 Å². The number of carbonyl (C=O) groups excluding carboxylic acids is 1. The number of rotatable bonds is 3. The summed E-state index contributed by atoms with van der Waals surface area (Å²) in [6.07, 6.45) is 0. The van der Waals surface area contributed by atoms with E-state index < -0.39 is 17.5 Å². The highest BCUT2D eigenvalue weighted by molar-refractivity contribution is 6.30. The fourth-order valence-corrected chi connectivity index (χ4v) is 1.85. The zero-order valence-electron chi connectivity index (χ0n) is 10.3. The molecule has 2 aromatic carbocycles. The van der Waals surface area contributed by atoms with Crippen molar-refractivity contribution in [2.24, 2.45) is 0 Å². The van der Waals surface area contributed by atoms with Gasteiger partial charge in [-0.25, -0.2) is 8.78 Å². The van der Waals surface area contributed by atoms with Crippen LogP contribution in [0.1, 0.15) is 15.9 Å².